The fourth-order valence-corrected chi connectivity index (χ4v) is 3.94. The molecule has 1 aliphatic heterocycles. The Morgan fingerprint density at radius 1 is 1.17 bits per heavy atom. The number of benzene rings is 1. The van der Waals surface area contributed by atoms with Crippen LogP contribution in [0.25, 0.3) is 5.69 Å². The zero-order valence-electron chi connectivity index (χ0n) is 17.2. The van der Waals surface area contributed by atoms with E-state index in [9.17, 15) is 4.79 Å². The molecule has 0 aliphatic carbocycles. The van der Waals surface area contributed by atoms with E-state index >= 15 is 0 Å². The van der Waals surface area contributed by atoms with Crippen molar-refractivity contribution in [3.63, 3.8) is 0 Å². The monoisotopic (exact) mass is 393 g/mol. The third kappa shape index (κ3) is 4.10. The molecule has 0 radical (unpaired) electrons. The third-order valence-electron chi connectivity index (χ3n) is 5.47. The predicted molar refractivity (Wildman–Crippen MR) is 110 cm³/mol. The molecule has 4 rings (SSSR count). The van der Waals surface area contributed by atoms with Gasteiger partial charge in [-0.1, -0.05) is 17.7 Å². The number of nitrogens with zero attached hydrogens (tertiary/aromatic N) is 4. The van der Waals surface area contributed by atoms with Crippen LogP contribution >= 0.6 is 0 Å². The van der Waals surface area contributed by atoms with Crippen LogP contribution < -0.4 is 5.32 Å². The maximum Gasteiger partial charge on any atom is 0.273 e. The maximum atomic E-state index is 12.9. The standard InChI is InChI=1S/C22H27N5O2/c1-15-8-9-18(16(2)13-15)27-24-17(3)21(25-27)22(28)23-14-19(20-7-6-12-29-20)26-10-4-5-11-26/h6-9,12-13,19H,4-5,10-11,14H2,1-3H3,(H,23,28). The highest BCUT2D eigenvalue weighted by Gasteiger charge is 2.27. The van der Waals surface area contributed by atoms with Gasteiger partial charge in [0.05, 0.1) is 23.7 Å². The second kappa shape index (κ2) is 8.21. The van der Waals surface area contributed by atoms with Crippen molar-refractivity contribution in [1.29, 1.82) is 0 Å². The number of amides is 1. The zero-order chi connectivity index (χ0) is 20.4. The Labute approximate surface area is 170 Å². The van der Waals surface area contributed by atoms with Gasteiger partial charge in [0.1, 0.15) is 5.76 Å². The van der Waals surface area contributed by atoms with Gasteiger partial charge in [-0.25, -0.2) is 0 Å². The summed E-state index contributed by atoms with van der Waals surface area (Å²) in [5.74, 6) is 0.664. The van der Waals surface area contributed by atoms with E-state index in [1.807, 2.05) is 45.0 Å². The van der Waals surface area contributed by atoms with Crippen molar-refractivity contribution in [2.45, 2.75) is 39.7 Å². The number of carbonyl (C=O) groups is 1. The van der Waals surface area contributed by atoms with Gasteiger partial charge >= 0.3 is 0 Å². The quantitative estimate of drug-likeness (QED) is 0.695. The second-order valence-corrected chi connectivity index (χ2v) is 7.70. The molecule has 1 N–H and O–H groups in total. The lowest BCUT2D eigenvalue weighted by atomic mass is 10.1. The van der Waals surface area contributed by atoms with Crippen molar-refractivity contribution >= 4 is 5.91 Å². The van der Waals surface area contributed by atoms with Crippen molar-refractivity contribution in [3.8, 4) is 5.69 Å². The molecular weight excluding hydrogens is 366 g/mol. The van der Waals surface area contributed by atoms with E-state index < -0.39 is 0 Å². The highest BCUT2D eigenvalue weighted by Crippen LogP contribution is 2.25. The van der Waals surface area contributed by atoms with Crippen LogP contribution in [0.2, 0.25) is 0 Å². The highest BCUT2D eigenvalue weighted by molar-refractivity contribution is 5.93. The van der Waals surface area contributed by atoms with E-state index in [4.69, 9.17) is 4.42 Å². The van der Waals surface area contributed by atoms with Crippen LogP contribution in [-0.4, -0.2) is 45.4 Å². The Morgan fingerprint density at radius 2 is 1.97 bits per heavy atom. The molecular formula is C22H27N5O2. The van der Waals surface area contributed by atoms with Gasteiger partial charge in [-0.2, -0.15) is 9.90 Å². The summed E-state index contributed by atoms with van der Waals surface area (Å²) in [6.45, 7) is 8.39. The van der Waals surface area contributed by atoms with Gasteiger partial charge in [-0.15, -0.1) is 5.10 Å². The summed E-state index contributed by atoms with van der Waals surface area (Å²) in [4.78, 5) is 16.8. The van der Waals surface area contributed by atoms with Crippen LogP contribution in [0.1, 0.15) is 52.0 Å². The molecule has 0 saturated carbocycles. The largest absolute Gasteiger partial charge is 0.468 e. The SMILES string of the molecule is Cc1ccc(-n2nc(C)c(C(=O)NCC(c3ccco3)N3CCCC3)n2)c(C)c1. The topological polar surface area (TPSA) is 76.2 Å². The first kappa shape index (κ1) is 19.4. The van der Waals surface area contributed by atoms with Gasteiger partial charge in [0, 0.05) is 6.54 Å². The van der Waals surface area contributed by atoms with Gasteiger partial charge in [-0.3, -0.25) is 9.69 Å². The number of hydrogen-bond acceptors (Lipinski definition) is 5. The fourth-order valence-electron chi connectivity index (χ4n) is 3.94. The first-order chi connectivity index (χ1) is 14.0. The van der Waals surface area contributed by atoms with E-state index in [2.05, 4.69) is 26.5 Å². The molecule has 1 aromatic carbocycles. The molecule has 1 aliphatic rings. The first-order valence-electron chi connectivity index (χ1n) is 10.1. The fraction of sp³-hybridized carbons (Fsp3) is 0.409. The summed E-state index contributed by atoms with van der Waals surface area (Å²) < 4.78 is 5.63. The number of nitrogens with one attached hydrogen (secondary N) is 1. The van der Waals surface area contributed by atoms with Crippen molar-refractivity contribution in [2.24, 2.45) is 0 Å². The van der Waals surface area contributed by atoms with Crippen molar-refractivity contribution in [3.05, 3.63) is 64.9 Å². The summed E-state index contributed by atoms with van der Waals surface area (Å²) in [6.07, 6.45) is 4.03. The molecule has 1 saturated heterocycles. The Balaban J connectivity index is 1.50. The number of likely N-dealkylation sites (tertiary alicyclic amines) is 1. The van der Waals surface area contributed by atoms with Gasteiger partial charge in [-0.05, 0) is 70.5 Å². The number of aryl methyl sites for hydroxylation is 3. The van der Waals surface area contributed by atoms with E-state index in [1.165, 1.54) is 18.4 Å². The minimum absolute atomic E-state index is 0.0335. The molecule has 7 nitrogen and oxygen atoms in total. The first-order valence-corrected chi connectivity index (χ1v) is 10.1. The van der Waals surface area contributed by atoms with Crippen molar-refractivity contribution < 1.29 is 9.21 Å². The van der Waals surface area contributed by atoms with Crippen LogP contribution in [0, 0.1) is 20.8 Å². The number of carbonyl (C=O) groups excluding carboxylic acids is 1. The van der Waals surface area contributed by atoms with E-state index in [1.54, 1.807) is 11.1 Å². The molecule has 1 fully saturated rings. The van der Waals surface area contributed by atoms with Gasteiger partial charge in [0.2, 0.25) is 0 Å². The molecule has 0 spiro atoms. The van der Waals surface area contributed by atoms with Crippen LogP contribution in [0.15, 0.2) is 41.0 Å². The lowest BCUT2D eigenvalue weighted by Gasteiger charge is -2.25. The molecule has 152 valence electrons. The van der Waals surface area contributed by atoms with Crippen molar-refractivity contribution in [2.75, 3.05) is 19.6 Å². The van der Waals surface area contributed by atoms with Crippen molar-refractivity contribution in [1.82, 2.24) is 25.2 Å². The van der Waals surface area contributed by atoms with Crippen LogP contribution in [0.3, 0.4) is 0 Å². The minimum atomic E-state index is -0.214. The van der Waals surface area contributed by atoms with Gasteiger partial charge in [0.25, 0.3) is 5.91 Å². The number of furan rings is 1. The summed E-state index contributed by atoms with van der Waals surface area (Å²) in [5.41, 5.74) is 4.09. The molecule has 7 heteroatoms. The van der Waals surface area contributed by atoms with Crippen LogP contribution in [0.4, 0.5) is 0 Å². The molecule has 3 aromatic rings. The summed E-state index contributed by atoms with van der Waals surface area (Å²) in [5, 5.41) is 12.0. The molecule has 3 heterocycles. The Hall–Kier alpha value is -2.93. The third-order valence-corrected chi connectivity index (χ3v) is 5.47. The minimum Gasteiger partial charge on any atom is -0.468 e. The predicted octanol–water partition coefficient (Wildman–Crippen LogP) is 3.35. The Morgan fingerprint density at radius 3 is 2.66 bits per heavy atom. The maximum absolute atomic E-state index is 12.9. The molecule has 1 unspecified atom stereocenters. The van der Waals surface area contributed by atoms with Crippen LogP contribution in [0.5, 0.6) is 0 Å². The number of rotatable bonds is 6. The average Bonchev–Trinajstić information content (AvgIpc) is 3.44. The van der Waals surface area contributed by atoms with E-state index in [0.717, 1.165) is 30.1 Å². The number of hydrogen-bond donors (Lipinski definition) is 1. The van der Waals surface area contributed by atoms with E-state index in [-0.39, 0.29) is 11.9 Å². The Bertz CT molecular complexity index is 987. The highest BCUT2D eigenvalue weighted by atomic mass is 16.3. The smallest absolute Gasteiger partial charge is 0.273 e. The summed E-state index contributed by atoms with van der Waals surface area (Å²) in [7, 11) is 0. The van der Waals surface area contributed by atoms with E-state index in [0.29, 0.717) is 17.9 Å². The molecule has 1 atom stereocenters. The molecule has 29 heavy (non-hydrogen) atoms. The van der Waals surface area contributed by atoms with Crippen LogP contribution in [-0.2, 0) is 0 Å². The normalized spacial score (nSPS) is 15.6. The number of aromatic nitrogens is 3. The van der Waals surface area contributed by atoms with Gasteiger partial charge < -0.3 is 9.73 Å². The Kier molecular flexibility index (Phi) is 5.49. The lowest BCUT2D eigenvalue weighted by Crippen LogP contribution is -2.37. The molecule has 2 aromatic heterocycles. The zero-order valence-corrected chi connectivity index (χ0v) is 17.2. The van der Waals surface area contributed by atoms with Gasteiger partial charge in [0.15, 0.2) is 5.69 Å². The molecule has 1 amide bonds. The second-order valence-electron chi connectivity index (χ2n) is 7.70. The summed E-state index contributed by atoms with van der Waals surface area (Å²) >= 11 is 0. The molecule has 0 bridgehead atoms. The summed E-state index contributed by atoms with van der Waals surface area (Å²) in [6, 6.07) is 9.97. The average molecular weight is 393 g/mol. The lowest BCUT2D eigenvalue weighted by molar-refractivity contribution is 0.0927.